The minimum absolute atomic E-state index is 0.00733. The molecule has 332 valence electrons. The number of rotatable bonds is 10. The standard InChI is InChI=1S/C44H51F2N11O6/c1-52-39-27(4-2-6-34(39)57(44(52)61)35-11-12-37(58)50-43(35)60)5-3-19-62-30-13-16-53(17-14-30)22-26-7-9-28(10-8-26)56-24-33(38(51-56)40(45)46)48-42(59)32-21-47-55-18-15-36(49-41(32)55)54-23-31-20-29(54)25-63-31/h2,4,6,15,18,21,24,26,28-31,35,40,44,61H,7-14,16-17,19-20,22-23,25H2,1H3,(H,48,59)(H,50,58,60)/t26?,28?,29-,31-,35?,44?/m1/s1. The molecule has 5 fully saturated rings. The Morgan fingerprint density at radius 3 is 2.67 bits per heavy atom. The second kappa shape index (κ2) is 17.1. The molecule has 3 amide bonds. The molecule has 1 aliphatic carbocycles. The van der Waals surface area contributed by atoms with E-state index in [1.54, 1.807) is 27.7 Å². The van der Waals surface area contributed by atoms with Gasteiger partial charge in [-0.05, 0) is 75.5 Å². The third-order valence-corrected chi connectivity index (χ3v) is 13.7. The van der Waals surface area contributed by atoms with E-state index in [2.05, 4.69) is 42.5 Å². The monoisotopic (exact) mass is 867 g/mol. The molecule has 19 heteroatoms. The highest BCUT2D eigenvalue weighted by molar-refractivity contribution is 6.08. The summed E-state index contributed by atoms with van der Waals surface area (Å²) in [6.07, 6.45) is 7.83. The molecular weight excluding hydrogens is 817 g/mol. The molecule has 1 saturated carbocycles. The summed E-state index contributed by atoms with van der Waals surface area (Å²) in [6, 6.07) is 6.98. The number of imide groups is 1. The van der Waals surface area contributed by atoms with Gasteiger partial charge in [0.05, 0.1) is 59.7 Å². The van der Waals surface area contributed by atoms with Crippen molar-refractivity contribution < 1.29 is 37.7 Å². The van der Waals surface area contributed by atoms with E-state index in [1.807, 2.05) is 24.3 Å². The number of amides is 3. The summed E-state index contributed by atoms with van der Waals surface area (Å²) in [5, 5.41) is 24.7. The Labute approximate surface area is 362 Å². The second-order valence-corrected chi connectivity index (χ2v) is 17.6. The molecule has 63 heavy (non-hydrogen) atoms. The fraction of sp³-hybridized carbons (Fsp3) is 0.545. The van der Waals surface area contributed by atoms with Crippen LogP contribution in [0.15, 0.2) is 42.9 Å². The molecule has 4 aromatic rings. The third kappa shape index (κ3) is 8.09. The van der Waals surface area contributed by atoms with Gasteiger partial charge in [0, 0.05) is 52.0 Å². The van der Waals surface area contributed by atoms with Crippen LogP contribution in [0.2, 0.25) is 0 Å². The summed E-state index contributed by atoms with van der Waals surface area (Å²) in [7, 11) is 1.76. The Hall–Kier alpha value is -5.68. The highest BCUT2D eigenvalue weighted by Gasteiger charge is 2.43. The number of aromatic nitrogens is 5. The van der Waals surface area contributed by atoms with Crippen LogP contribution in [0.5, 0.6) is 0 Å². The summed E-state index contributed by atoms with van der Waals surface area (Å²) in [5.41, 5.74) is 2.23. The zero-order valence-electron chi connectivity index (χ0n) is 35.0. The Morgan fingerprint density at radius 2 is 1.92 bits per heavy atom. The molecule has 6 aliphatic rings. The lowest BCUT2D eigenvalue weighted by Gasteiger charge is -2.36. The van der Waals surface area contributed by atoms with Gasteiger partial charge in [0.25, 0.3) is 12.3 Å². The summed E-state index contributed by atoms with van der Waals surface area (Å²) >= 11 is 0. The maximum Gasteiger partial charge on any atom is 0.284 e. The number of hydrogen-bond donors (Lipinski definition) is 3. The number of nitrogens with zero attached hydrogens (tertiary/aromatic N) is 9. The molecule has 1 aromatic carbocycles. The molecule has 2 unspecified atom stereocenters. The van der Waals surface area contributed by atoms with Gasteiger partial charge in [0.2, 0.25) is 18.2 Å². The average Bonchev–Trinajstić information content (AvgIpc) is 4.13. The van der Waals surface area contributed by atoms with Gasteiger partial charge >= 0.3 is 0 Å². The molecule has 0 spiro atoms. The number of benzene rings is 1. The molecule has 0 radical (unpaired) electrons. The first-order chi connectivity index (χ1) is 30.6. The van der Waals surface area contributed by atoms with E-state index in [9.17, 15) is 28.3 Å². The minimum atomic E-state index is -2.86. The SMILES string of the molecule is CN1c2c(C#CCOC3CCN(CC4CCC(n5cc(NC(=O)c6cnn7ccc(N8C[C@H]9C[C@@H]8CO9)nc67)c(C(F)F)n5)CC4)CC3)cccc2N(C2CCC(=O)NC2=O)C1O. The predicted octanol–water partition coefficient (Wildman–Crippen LogP) is 3.69. The van der Waals surface area contributed by atoms with E-state index in [0.29, 0.717) is 30.3 Å². The van der Waals surface area contributed by atoms with E-state index in [4.69, 9.17) is 14.5 Å². The lowest BCUT2D eigenvalue weighted by molar-refractivity contribution is -0.134. The van der Waals surface area contributed by atoms with Crippen LogP contribution in [-0.2, 0) is 19.1 Å². The number of ether oxygens (including phenoxy) is 2. The summed E-state index contributed by atoms with van der Waals surface area (Å²) in [4.78, 5) is 50.6. The van der Waals surface area contributed by atoms with Crippen molar-refractivity contribution in [3.63, 3.8) is 0 Å². The summed E-state index contributed by atoms with van der Waals surface area (Å²) < 4.78 is 43.6. The van der Waals surface area contributed by atoms with Gasteiger partial charge in [-0.2, -0.15) is 10.2 Å². The van der Waals surface area contributed by atoms with Crippen LogP contribution < -0.4 is 25.3 Å². The van der Waals surface area contributed by atoms with Gasteiger partial charge in [-0.15, -0.1) is 0 Å². The number of halogens is 2. The van der Waals surface area contributed by atoms with Crippen molar-refractivity contribution in [3.05, 3.63) is 59.7 Å². The van der Waals surface area contributed by atoms with Crippen molar-refractivity contribution in [2.45, 2.75) is 101 Å². The van der Waals surface area contributed by atoms with Gasteiger partial charge < -0.3 is 39.5 Å². The summed E-state index contributed by atoms with van der Waals surface area (Å²) in [5.74, 6) is 6.28. The van der Waals surface area contributed by atoms with Gasteiger partial charge in [-0.3, -0.25) is 24.4 Å². The van der Waals surface area contributed by atoms with Crippen molar-refractivity contribution in [2.75, 3.05) is 66.5 Å². The number of para-hydroxylation sites is 1. The number of piperidine rings is 2. The molecule has 5 aliphatic heterocycles. The number of nitrogens with one attached hydrogen (secondary N) is 2. The fourth-order valence-electron chi connectivity index (χ4n) is 10.3. The zero-order chi connectivity index (χ0) is 43.4. The highest BCUT2D eigenvalue weighted by Crippen LogP contribution is 2.43. The maximum atomic E-state index is 14.3. The number of morpholine rings is 1. The Balaban J connectivity index is 0.691. The molecule has 17 nitrogen and oxygen atoms in total. The Bertz CT molecular complexity index is 2450. The van der Waals surface area contributed by atoms with Crippen LogP contribution in [0.25, 0.3) is 5.65 Å². The number of aliphatic hydroxyl groups excluding tert-OH is 1. The van der Waals surface area contributed by atoms with E-state index in [0.717, 1.165) is 88.2 Å². The zero-order valence-corrected chi connectivity index (χ0v) is 35.0. The van der Waals surface area contributed by atoms with Gasteiger partial charge in [0.1, 0.15) is 24.0 Å². The summed E-state index contributed by atoms with van der Waals surface area (Å²) in [6.45, 7) is 4.45. The number of likely N-dealkylation sites (tertiary alicyclic amines) is 1. The molecule has 8 heterocycles. The quantitative estimate of drug-likeness (QED) is 0.156. The number of aliphatic hydroxyl groups is 1. The minimum Gasteiger partial charge on any atom is -0.374 e. The van der Waals surface area contributed by atoms with E-state index in [1.165, 1.54) is 16.9 Å². The molecule has 2 bridgehead atoms. The first kappa shape index (κ1) is 41.3. The van der Waals surface area contributed by atoms with Crippen LogP contribution in [-0.4, -0.2) is 129 Å². The molecule has 4 atom stereocenters. The van der Waals surface area contributed by atoms with Crippen LogP contribution in [0, 0.1) is 17.8 Å². The number of carbonyl (C=O) groups is 3. The predicted molar refractivity (Wildman–Crippen MR) is 226 cm³/mol. The van der Waals surface area contributed by atoms with E-state index >= 15 is 0 Å². The maximum absolute atomic E-state index is 14.3. The molecule has 4 saturated heterocycles. The van der Waals surface area contributed by atoms with Crippen molar-refractivity contribution >= 4 is 46.2 Å². The van der Waals surface area contributed by atoms with Crippen LogP contribution >= 0.6 is 0 Å². The number of carbonyl (C=O) groups excluding carboxylic acids is 3. The van der Waals surface area contributed by atoms with Crippen molar-refractivity contribution in [3.8, 4) is 11.8 Å². The van der Waals surface area contributed by atoms with E-state index < -0.39 is 36.3 Å². The average molecular weight is 868 g/mol. The highest BCUT2D eigenvalue weighted by atomic mass is 19.3. The first-order valence-electron chi connectivity index (χ1n) is 22.0. The first-order valence-corrected chi connectivity index (χ1v) is 22.0. The molecule has 3 aromatic heterocycles. The van der Waals surface area contributed by atoms with E-state index in [-0.39, 0.29) is 54.5 Å². The fourth-order valence-corrected chi connectivity index (χ4v) is 10.3. The molecule has 10 rings (SSSR count). The lowest BCUT2D eigenvalue weighted by Crippen LogP contribution is -2.56. The van der Waals surface area contributed by atoms with Gasteiger partial charge in [-0.1, -0.05) is 17.9 Å². The van der Waals surface area contributed by atoms with Crippen molar-refractivity contribution in [1.82, 2.24) is 34.6 Å². The van der Waals surface area contributed by atoms with Crippen LogP contribution in [0.4, 0.5) is 31.7 Å². The number of anilines is 4. The number of hydrogen-bond acceptors (Lipinski definition) is 13. The topological polar surface area (TPSA) is 175 Å². The molecule has 3 N–H and O–H groups in total. The number of fused-ring (bicyclic) bond motifs is 4. The Kier molecular flexibility index (Phi) is 11.2. The molecular formula is C44H51F2N11O6. The van der Waals surface area contributed by atoms with Crippen LogP contribution in [0.3, 0.4) is 0 Å². The normalized spacial score (nSPS) is 26.4. The lowest BCUT2D eigenvalue weighted by atomic mass is 9.85. The largest absolute Gasteiger partial charge is 0.374 e. The van der Waals surface area contributed by atoms with Gasteiger partial charge in [0.15, 0.2) is 11.3 Å². The smallest absolute Gasteiger partial charge is 0.284 e. The van der Waals surface area contributed by atoms with Crippen molar-refractivity contribution in [1.29, 1.82) is 0 Å². The number of alkyl halides is 2. The van der Waals surface area contributed by atoms with Gasteiger partial charge in [-0.25, -0.2) is 18.3 Å². The van der Waals surface area contributed by atoms with Crippen molar-refractivity contribution in [2.24, 2.45) is 5.92 Å². The van der Waals surface area contributed by atoms with Crippen LogP contribution in [0.1, 0.15) is 91.9 Å². The second-order valence-electron chi connectivity index (χ2n) is 17.6. The third-order valence-electron chi connectivity index (χ3n) is 13.7. The Morgan fingerprint density at radius 1 is 1.10 bits per heavy atom.